The van der Waals surface area contributed by atoms with Gasteiger partial charge in [0.2, 0.25) is 11.1 Å². The van der Waals surface area contributed by atoms with E-state index in [2.05, 4.69) is 32.7 Å². The summed E-state index contributed by atoms with van der Waals surface area (Å²) in [5.74, 6) is 0.0807. The number of thiazole rings is 1. The average molecular weight is 346 g/mol. The fourth-order valence-electron chi connectivity index (χ4n) is 2.01. The van der Waals surface area contributed by atoms with E-state index in [0.717, 1.165) is 17.7 Å². The Morgan fingerprint density at radius 2 is 2.26 bits per heavy atom. The Hall–Kier alpha value is -2.26. The molecular formula is C14H14N6OS2. The first kappa shape index (κ1) is 15.6. The minimum Gasteiger partial charge on any atom is -0.301 e. The Morgan fingerprint density at radius 1 is 1.39 bits per heavy atom. The average Bonchev–Trinajstić information content (AvgIpc) is 3.24. The van der Waals surface area contributed by atoms with Crippen molar-refractivity contribution in [2.75, 3.05) is 11.1 Å². The van der Waals surface area contributed by atoms with Crippen LogP contribution in [-0.4, -0.2) is 36.9 Å². The van der Waals surface area contributed by atoms with Gasteiger partial charge in [0.05, 0.1) is 11.4 Å². The number of thioether (sulfide) groups is 1. The Balaban J connectivity index is 1.70. The quantitative estimate of drug-likeness (QED) is 0.690. The van der Waals surface area contributed by atoms with Gasteiger partial charge in [-0.25, -0.2) is 4.98 Å². The van der Waals surface area contributed by atoms with Crippen LogP contribution in [0.3, 0.4) is 0 Å². The largest absolute Gasteiger partial charge is 0.301 e. The molecule has 23 heavy (non-hydrogen) atoms. The molecule has 0 bridgehead atoms. The van der Waals surface area contributed by atoms with Crippen LogP contribution in [0, 0.1) is 0 Å². The van der Waals surface area contributed by atoms with Crippen LogP contribution in [0.25, 0.3) is 5.69 Å². The molecule has 0 radical (unpaired) electrons. The van der Waals surface area contributed by atoms with Crippen molar-refractivity contribution >= 4 is 34.1 Å². The van der Waals surface area contributed by atoms with Crippen LogP contribution in [0.15, 0.2) is 41.0 Å². The normalized spacial score (nSPS) is 10.7. The first-order chi connectivity index (χ1) is 11.3. The van der Waals surface area contributed by atoms with E-state index in [1.54, 1.807) is 10.9 Å². The fraction of sp³-hybridized carbons (Fsp3) is 0.214. The van der Waals surface area contributed by atoms with Crippen molar-refractivity contribution in [3.05, 3.63) is 41.4 Å². The summed E-state index contributed by atoms with van der Waals surface area (Å²) >= 11 is 2.67. The molecule has 7 nitrogen and oxygen atoms in total. The standard InChI is InChI=1S/C14H14N6OS2/c1-2-10-5-3-4-6-11(10)20-14(17-18-19-20)23-9-12(21)16-13-15-7-8-22-13/h3-8H,2,9H2,1H3,(H,15,16,21). The van der Waals surface area contributed by atoms with Crippen molar-refractivity contribution in [2.24, 2.45) is 0 Å². The maximum atomic E-state index is 11.9. The molecule has 3 aromatic rings. The second kappa shape index (κ2) is 7.34. The number of aromatic nitrogens is 5. The van der Waals surface area contributed by atoms with E-state index in [4.69, 9.17) is 0 Å². The second-order valence-corrected chi connectivity index (χ2v) is 6.37. The maximum Gasteiger partial charge on any atom is 0.236 e. The zero-order valence-corrected chi connectivity index (χ0v) is 14.0. The van der Waals surface area contributed by atoms with Crippen LogP contribution in [0.4, 0.5) is 5.13 Å². The number of rotatable bonds is 6. The van der Waals surface area contributed by atoms with Crippen LogP contribution in [-0.2, 0) is 11.2 Å². The van der Waals surface area contributed by atoms with Crippen molar-refractivity contribution < 1.29 is 4.79 Å². The van der Waals surface area contributed by atoms with Gasteiger partial charge in [-0.3, -0.25) is 4.79 Å². The molecule has 3 rings (SSSR count). The second-order valence-electron chi connectivity index (χ2n) is 4.53. The molecule has 0 aliphatic rings. The third-order valence-electron chi connectivity index (χ3n) is 3.05. The smallest absolute Gasteiger partial charge is 0.236 e. The van der Waals surface area contributed by atoms with Crippen molar-refractivity contribution in [3.8, 4) is 5.69 Å². The molecule has 0 unspecified atom stereocenters. The van der Waals surface area contributed by atoms with Gasteiger partial charge in [-0.05, 0) is 28.5 Å². The molecule has 1 aromatic carbocycles. The highest BCUT2D eigenvalue weighted by Crippen LogP contribution is 2.21. The predicted molar refractivity (Wildman–Crippen MR) is 90.0 cm³/mol. The SMILES string of the molecule is CCc1ccccc1-n1nnnc1SCC(=O)Nc1nccs1. The molecule has 0 fully saturated rings. The number of carbonyl (C=O) groups is 1. The number of hydrogen-bond acceptors (Lipinski definition) is 7. The summed E-state index contributed by atoms with van der Waals surface area (Å²) in [6, 6.07) is 7.94. The van der Waals surface area contributed by atoms with Gasteiger partial charge in [-0.15, -0.1) is 16.4 Å². The van der Waals surface area contributed by atoms with Gasteiger partial charge in [0.15, 0.2) is 5.13 Å². The molecule has 2 aromatic heterocycles. The fourth-order valence-corrected chi connectivity index (χ4v) is 3.24. The van der Waals surface area contributed by atoms with E-state index in [0.29, 0.717) is 10.3 Å². The Kier molecular flexibility index (Phi) is 4.99. The summed E-state index contributed by atoms with van der Waals surface area (Å²) in [5, 5.41) is 17.5. The Labute approximate surface area is 141 Å². The molecule has 0 aliphatic carbocycles. The highest BCUT2D eigenvalue weighted by molar-refractivity contribution is 7.99. The molecule has 0 saturated carbocycles. The van der Waals surface area contributed by atoms with Gasteiger partial charge < -0.3 is 5.32 Å². The molecular weight excluding hydrogens is 332 g/mol. The van der Waals surface area contributed by atoms with Crippen molar-refractivity contribution in [3.63, 3.8) is 0 Å². The number of benzene rings is 1. The van der Waals surface area contributed by atoms with Crippen molar-refractivity contribution in [1.82, 2.24) is 25.2 Å². The summed E-state index contributed by atoms with van der Waals surface area (Å²) in [4.78, 5) is 16.0. The van der Waals surface area contributed by atoms with E-state index >= 15 is 0 Å². The van der Waals surface area contributed by atoms with Gasteiger partial charge in [0, 0.05) is 11.6 Å². The van der Waals surface area contributed by atoms with E-state index in [-0.39, 0.29) is 11.7 Å². The van der Waals surface area contributed by atoms with Crippen LogP contribution >= 0.6 is 23.1 Å². The van der Waals surface area contributed by atoms with Crippen LogP contribution in [0.2, 0.25) is 0 Å². The number of tetrazole rings is 1. The van der Waals surface area contributed by atoms with Gasteiger partial charge in [0.25, 0.3) is 0 Å². The van der Waals surface area contributed by atoms with E-state index < -0.39 is 0 Å². The van der Waals surface area contributed by atoms with Crippen molar-refractivity contribution in [2.45, 2.75) is 18.5 Å². The molecule has 2 heterocycles. The van der Waals surface area contributed by atoms with Gasteiger partial charge in [-0.2, -0.15) is 4.68 Å². The first-order valence-electron chi connectivity index (χ1n) is 6.96. The zero-order chi connectivity index (χ0) is 16.1. The molecule has 1 N–H and O–H groups in total. The minimum atomic E-state index is -0.136. The lowest BCUT2D eigenvalue weighted by Gasteiger charge is -2.08. The van der Waals surface area contributed by atoms with Gasteiger partial charge in [-0.1, -0.05) is 36.9 Å². The first-order valence-corrected chi connectivity index (χ1v) is 8.83. The number of anilines is 1. The van der Waals surface area contributed by atoms with Crippen molar-refractivity contribution in [1.29, 1.82) is 0 Å². The summed E-state index contributed by atoms with van der Waals surface area (Å²) in [5.41, 5.74) is 2.08. The number of aryl methyl sites for hydroxylation is 1. The van der Waals surface area contributed by atoms with E-state index in [9.17, 15) is 4.79 Å². The maximum absolute atomic E-state index is 11.9. The van der Waals surface area contributed by atoms with E-state index in [1.165, 1.54) is 23.1 Å². The summed E-state index contributed by atoms with van der Waals surface area (Å²) in [7, 11) is 0. The Morgan fingerprint density at radius 3 is 3.04 bits per heavy atom. The molecule has 9 heteroatoms. The van der Waals surface area contributed by atoms with E-state index in [1.807, 2.05) is 29.6 Å². The highest BCUT2D eigenvalue weighted by Gasteiger charge is 2.14. The predicted octanol–water partition coefficient (Wildman–Crippen LogP) is 2.41. The number of para-hydroxylation sites is 1. The third kappa shape index (κ3) is 3.74. The molecule has 0 spiro atoms. The number of amides is 1. The number of nitrogens with one attached hydrogen (secondary N) is 1. The molecule has 1 amide bonds. The molecule has 0 aliphatic heterocycles. The summed E-state index contributed by atoms with van der Waals surface area (Å²) < 4.78 is 1.67. The Bertz CT molecular complexity index is 786. The topological polar surface area (TPSA) is 85.6 Å². The highest BCUT2D eigenvalue weighted by atomic mass is 32.2. The zero-order valence-electron chi connectivity index (χ0n) is 12.3. The lowest BCUT2D eigenvalue weighted by atomic mass is 10.1. The molecule has 0 saturated heterocycles. The van der Waals surface area contributed by atoms with Crippen LogP contribution in [0.1, 0.15) is 12.5 Å². The minimum absolute atomic E-state index is 0.136. The van der Waals surface area contributed by atoms with Gasteiger partial charge in [0.1, 0.15) is 0 Å². The number of nitrogens with zero attached hydrogens (tertiary/aromatic N) is 5. The lowest BCUT2D eigenvalue weighted by molar-refractivity contribution is -0.113. The third-order valence-corrected chi connectivity index (χ3v) is 4.66. The monoisotopic (exact) mass is 346 g/mol. The lowest BCUT2D eigenvalue weighted by Crippen LogP contribution is -2.14. The summed E-state index contributed by atoms with van der Waals surface area (Å²) in [6.45, 7) is 2.08. The molecule has 118 valence electrons. The van der Waals surface area contributed by atoms with Crippen LogP contribution in [0.5, 0.6) is 0 Å². The number of hydrogen-bond donors (Lipinski definition) is 1. The molecule has 0 atom stereocenters. The summed E-state index contributed by atoms with van der Waals surface area (Å²) in [6.07, 6.45) is 2.53. The van der Waals surface area contributed by atoms with Crippen LogP contribution < -0.4 is 5.32 Å². The van der Waals surface area contributed by atoms with Gasteiger partial charge >= 0.3 is 0 Å². The number of carbonyl (C=O) groups excluding carboxylic acids is 1.